The van der Waals surface area contributed by atoms with Gasteiger partial charge >= 0.3 is 5.97 Å². The average molecular weight is 323 g/mol. The predicted octanol–water partition coefficient (Wildman–Crippen LogP) is 2.69. The molecule has 2 unspecified atom stereocenters. The van der Waals surface area contributed by atoms with Crippen molar-refractivity contribution in [1.29, 1.82) is 0 Å². The van der Waals surface area contributed by atoms with Crippen LogP contribution in [0, 0.1) is 12.8 Å². The molecule has 2 atom stereocenters. The van der Waals surface area contributed by atoms with Crippen LogP contribution in [-0.4, -0.2) is 23.5 Å². The fraction of sp³-hybridized carbons (Fsp3) is 0.300. The van der Waals surface area contributed by atoms with E-state index in [1.807, 2.05) is 55.5 Å². The second-order valence-electron chi connectivity index (χ2n) is 6.43. The van der Waals surface area contributed by atoms with Gasteiger partial charge < -0.3 is 10.4 Å². The van der Waals surface area contributed by atoms with Crippen molar-refractivity contribution in [3.63, 3.8) is 0 Å². The molecule has 0 saturated carbocycles. The first kappa shape index (κ1) is 16.2. The summed E-state index contributed by atoms with van der Waals surface area (Å²) in [6.45, 7) is 2.13. The van der Waals surface area contributed by atoms with Gasteiger partial charge in [-0.2, -0.15) is 0 Å². The number of carboxylic acid groups (broad SMARTS) is 1. The number of hydrogen-bond acceptors (Lipinski definition) is 2. The molecule has 0 fully saturated rings. The SMILES string of the molecule is Cc1cccc(CC(CNC(=O)C2Cc3ccccc32)C(=O)O)c1. The second-order valence-corrected chi connectivity index (χ2v) is 6.43. The highest BCUT2D eigenvalue weighted by Gasteiger charge is 2.32. The van der Waals surface area contributed by atoms with Crippen LogP contribution >= 0.6 is 0 Å². The molecule has 4 nitrogen and oxygen atoms in total. The molecule has 3 rings (SSSR count). The average Bonchev–Trinajstić information content (AvgIpc) is 2.52. The van der Waals surface area contributed by atoms with Gasteiger partial charge in [0.2, 0.25) is 5.91 Å². The molecule has 1 aliphatic rings. The van der Waals surface area contributed by atoms with Crippen LogP contribution in [-0.2, 0) is 22.4 Å². The second kappa shape index (κ2) is 6.87. The first-order chi connectivity index (χ1) is 11.5. The number of carbonyl (C=O) groups is 2. The van der Waals surface area contributed by atoms with E-state index in [2.05, 4.69) is 5.32 Å². The number of carbonyl (C=O) groups excluding carboxylic acids is 1. The van der Waals surface area contributed by atoms with E-state index in [0.29, 0.717) is 6.42 Å². The molecule has 0 bridgehead atoms. The van der Waals surface area contributed by atoms with E-state index in [4.69, 9.17) is 0 Å². The van der Waals surface area contributed by atoms with Crippen LogP contribution in [0.2, 0.25) is 0 Å². The van der Waals surface area contributed by atoms with Crippen LogP contribution in [0.25, 0.3) is 0 Å². The van der Waals surface area contributed by atoms with Gasteiger partial charge in [0.05, 0.1) is 11.8 Å². The molecule has 0 heterocycles. The maximum absolute atomic E-state index is 12.3. The van der Waals surface area contributed by atoms with Crippen LogP contribution in [0.15, 0.2) is 48.5 Å². The first-order valence-electron chi connectivity index (χ1n) is 8.18. The molecule has 0 aliphatic heterocycles. The van der Waals surface area contributed by atoms with Crippen molar-refractivity contribution >= 4 is 11.9 Å². The van der Waals surface area contributed by atoms with Gasteiger partial charge in [0.15, 0.2) is 0 Å². The molecule has 0 radical (unpaired) electrons. The highest BCUT2D eigenvalue weighted by molar-refractivity contribution is 5.87. The van der Waals surface area contributed by atoms with Crippen molar-refractivity contribution in [3.05, 3.63) is 70.8 Å². The summed E-state index contributed by atoms with van der Waals surface area (Å²) in [5.41, 5.74) is 4.34. The Hall–Kier alpha value is -2.62. The molecule has 0 saturated heterocycles. The van der Waals surface area contributed by atoms with Crippen LogP contribution < -0.4 is 5.32 Å². The number of amides is 1. The fourth-order valence-electron chi connectivity index (χ4n) is 3.21. The Kier molecular flexibility index (Phi) is 4.65. The monoisotopic (exact) mass is 323 g/mol. The Labute approximate surface area is 141 Å². The van der Waals surface area contributed by atoms with Crippen LogP contribution in [0.1, 0.15) is 28.2 Å². The lowest BCUT2D eigenvalue weighted by molar-refractivity contribution is -0.141. The Bertz CT molecular complexity index is 769. The van der Waals surface area contributed by atoms with Gasteiger partial charge in [0, 0.05) is 6.54 Å². The van der Waals surface area contributed by atoms with Crippen LogP contribution in [0.4, 0.5) is 0 Å². The topological polar surface area (TPSA) is 66.4 Å². The summed E-state index contributed by atoms with van der Waals surface area (Å²) in [7, 11) is 0. The number of rotatable bonds is 6. The van der Waals surface area contributed by atoms with Gasteiger partial charge in [-0.3, -0.25) is 9.59 Å². The molecule has 0 aromatic heterocycles. The summed E-state index contributed by atoms with van der Waals surface area (Å²) in [6, 6.07) is 15.7. The maximum atomic E-state index is 12.3. The van der Waals surface area contributed by atoms with Gasteiger partial charge in [0.1, 0.15) is 0 Å². The maximum Gasteiger partial charge on any atom is 0.308 e. The molecule has 2 aromatic carbocycles. The molecule has 4 heteroatoms. The molecular weight excluding hydrogens is 302 g/mol. The molecule has 124 valence electrons. The summed E-state index contributed by atoms with van der Waals surface area (Å²) in [4.78, 5) is 23.8. The highest BCUT2D eigenvalue weighted by atomic mass is 16.4. The Morgan fingerprint density at radius 2 is 2.00 bits per heavy atom. The normalized spacial score (nSPS) is 16.6. The quantitative estimate of drug-likeness (QED) is 0.859. The summed E-state index contributed by atoms with van der Waals surface area (Å²) in [6.07, 6.45) is 1.15. The Balaban J connectivity index is 1.59. The highest BCUT2D eigenvalue weighted by Crippen LogP contribution is 2.34. The van der Waals surface area contributed by atoms with E-state index in [1.54, 1.807) is 0 Å². The minimum absolute atomic E-state index is 0.0795. The summed E-state index contributed by atoms with van der Waals surface area (Å²) in [5, 5.41) is 12.3. The third kappa shape index (κ3) is 3.48. The zero-order valence-corrected chi connectivity index (χ0v) is 13.7. The van der Waals surface area contributed by atoms with Crippen molar-refractivity contribution in [1.82, 2.24) is 5.32 Å². The largest absolute Gasteiger partial charge is 0.481 e. The number of benzene rings is 2. The van der Waals surface area contributed by atoms with Crippen molar-refractivity contribution in [2.75, 3.05) is 6.54 Å². The van der Waals surface area contributed by atoms with E-state index in [9.17, 15) is 14.7 Å². The molecule has 24 heavy (non-hydrogen) atoms. The third-order valence-electron chi connectivity index (χ3n) is 4.61. The molecule has 1 aliphatic carbocycles. The van der Waals surface area contributed by atoms with Crippen molar-refractivity contribution in [2.24, 2.45) is 5.92 Å². The van der Waals surface area contributed by atoms with Crippen LogP contribution in [0.5, 0.6) is 0 Å². The lowest BCUT2D eigenvalue weighted by atomic mass is 9.77. The molecule has 0 spiro atoms. The molecular formula is C20H21NO3. The Morgan fingerprint density at radius 3 is 2.71 bits per heavy atom. The third-order valence-corrected chi connectivity index (χ3v) is 4.61. The number of aryl methyl sites for hydroxylation is 1. The summed E-state index contributed by atoms with van der Waals surface area (Å²) < 4.78 is 0. The molecule has 2 aromatic rings. The Morgan fingerprint density at radius 1 is 1.21 bits per heavy atom. The summed E-state index contributed by atoms with van der Waals surface area (Å²) >= 11 is 0. The minimum atomic E-state index is -0.884. The van der Waals surface area contributed by atoms with Gasteiger partial charge in [-0.25, -0.2) is 0 Å². The number of carboxylic acids is 1. The molecule has 2 N–H and O–H groups in total. The fourth-order valence-corrected chi connectivity index (χ4v) is 3.21. The smallest absolute Gasteiger partial charge is 0.308 e. The van der Waals surface area contributed by atoms with E-state index < -0.39 is 11.9 Å². The van der Waals surface area contributed by atoms with Gasteiger partial charge in [0.25, 0.3) is 0 Å². The number of nitrogens with one attached hydrogen (secondary N) is 1. The van der Waals surface area contributed by atoms with Crippen molar-refractivity contribution in [3.8, 4) is 0 Å². The van der Waals surface area contributed by atoms with Crippen molar-refractivity contribution < 1.29 is 14.7 Å². The minimum Gasteiger partial charge on any atom is -0.481 e. The number of hydrogen-bond donors (Lipinski definition) is 2. The van der Waals surface area contributed by atoms with E-state index in [1.165, 1.54) is 5.56 Å². The van der Waals surface area contributed by atoms with E-state index in [0.717, 1.165) is 23.1 Å². The first-order valence-corrected chi connectivity index (χ1v) is 8.18. The zero-order chi connectivity index (χ0) is 17.1. The summed E-state index contributed by atoms with van der Waals surface area (Å²) in [5.74, 6) is -1.73. The van der Waals surface area contributed by atoms with Crippen LogP contribution in [0.3, 0.4) is 0 Å². The number of aliphatic carboxylic acids is 1. The predicted molar refractivity (Wildman–Crippen MR) is 91.9 cm³/mol. The number of fused-ring (bicyclic) bond motifs is 1. The lowest BCUT2D eigenvalue weighted by Crippen LogP contribution is -2.40. The molecule has 1 amide bonds. The van der Waals surface area contributed by atoms with Gasteiger partial charge in [-0.05, 0) is 36.5 Å². The lowest BCUT2D eigenvalue weighted by Gasteiger charge is -2.29. The van der Waals surface area contributed by atoms with Gasteiger partial charge in [-0.15, -0.1) is 0 Å². The van der Waals surface area contributed by atoms with E-state index >= 15 is 0 Å². The zero-order valence-electron chi connectivity index (χ0n) is 13.7. The standard InChI is InChI=1S/C20H21NO3/c1-13-5-4-6-14(9-13)10-16(20(23)24)12-21-19(22)18-11-15-7-2-3-8-17(15)18/h2-9,16,18H,10-12H2,1H3,(H,21,22)(H,23,24). The van der Waals surface area contributed by atoms with Crippen molar-refractivity contribution in [2.45, 2.75) is 25.7 Å². The van der Waals surface area contributed by atoms with Gasteiger partial charge in [-0.1, -0.05) is 54.1 Å². The van der Waals surface area contributed by atoms with E-state index in [-0.39, 0.29) is 18.4 Å².